The van der Waals surface area contributed by atoms with Crippen LogP contribution in [0.1, 0.15) is 15.2 Å². The number of aromatic amines is 1. The van der Waals surface area contributed by atoms with Crippen LogP contribution in [0.25, 0.3) is 10.9 Å². The van der Waals surface area contributed by atoms with E-state index in [9.17, 15) is 9.18 Å². The van der Waals surface area contributed by atoms with Crippen molar-refractivity contribution < 1.29 is 9.18 Å². The molecule has 2 heterocycles. The minimum absolute atomic E-state index is 0.142. The molecule has 17 heavy (non-hydrogen) atoms. The Morgan fingerprint density at radius 3 is 2.88 bits per heavy atom. The molecule has 3 rings (SSSR count). The number of hydrogen-bond donors (Lipinski definition) is 1. The Kier molecular flexibility index (Phi) is 2.30. The molecule has 0 saturated heterocycles. The number of nitrogens with one attached hydrogen (secondary N) is 1. The first-order valence-electron chi connectivity index (χ1n) is 5.11. The van der Waals surface area contributed by atoms with E-state index >= 15 is 0 Å². The van der Waals surface area contributed by atoms with Gasteiger partial charge in [0.25, 0.3) is 0 Å². The number of aromatic nitrogens is 1. The van der Waals surface area contributed by atoms with Gasteiger partial charge in [-0.2, -0.15) is 0 Å². The van der Waals surface area contributed by atoms with Crippen molar-refractivity contribution in [2.24, 2.45) is 0 Å². The number of ketones is 1. The van der Waals surface area contributed by atoms with Crippen LogP contribution in [0.3, 0.4) is 0 Å². The highest BCUT2D eigenvalue weighted by atomic mass is 32.1. The van der Waals surface area contributed by atoms with E-state index in [0.717, 1.165) is 0 Å². The number of thiophene rings is 1. The van der Waals surface area contributed by atoms with Crippen molar-refractivity contribution in [2.45, 2.75) is 0 Å². The fraction of sp³-hybridized carbons (Fsp3) is 0. The van der Waals surface area contributed by atoms with Crippen molar-refractivity contribution in [3.8, 4) is 0 Å². The molecule has 0 unspecified atom stereocenters. The first kappa shape index (κ1) is 10.2. The van der Waals surface area contributed by atoms with Gasteiger partial charge in [-0.25, -0.2) is 4.39 Å². The second-order valence-electron chi connectivity index (χ2n) is 3.67. The van der Waals surface area contributed by atoms with Crippen molar-refractivity contribution in [3.63, 3.8) is 0 Å². The molecule has 0 spiro atoms. The average molecular weight is 245 g/mol. The summed E-state index contributed by atoms with van der Waals surface area (Å²) in [5.74, 6) is -0.514. The lowest BCUT2D eigenvalue weighted by atomic mass is 10.1. The van der Waals surface area contributed by atoms with Gasteiger partial charge in [0.05, 0.1) is 10.4 Å². The van der Waals surface area contributed by atoms with Gasteiger partial charge in [-0.05, 0) is 23.6 Å². The summed E-state index contributed by atoms with van der Waals surface area (Å²) in [5.41, 5.74) is 1.03. The van der Waals surface area contributed by atoms with E-state index in [1.807, 2.05) is 11.4 Å². The van der Waals surface area contributed by atoms with Crippen LogP contribution in [0.2, 0.25) is 0 Å². The number of carbonyl (C=O) groups is 1. The number of rotatable bonds is 2. The number of fused-ring (bicyclic) bond motifs is 1. The fourth-order valence-electron chi connectivity index (χ4n) is 1.86. The smallest absolute Gasteiger partial charge is 0.205 e. The number of H-pyrrole nitrogens is 1. The Bertz CT molecular complexity index is 685. The molecule has 0 fully saturated rings. The van der Waals surface area contributed by atoms with Crippen LogP contribution in [0, 0.1) is 5.82 Å². The Morgan fingerprint density at radius 2 is 2.12 bits per heavy atom. The highest BCUT2D eigenvalue weighted by molar-refractivity contribution is 7.12. The van der Waals surface area contributed by atoms with E-state index in [1.54, 1.807) is 24.4 Å². The minimum atomic E-state index is -0.372. The topological polar surface area (TPSA) is 32.9 Å². The Labute approximate surface area is 101 Å². The molecule has 4 heteroatoms. The summed E-state index contributed by atoms with van der Waals surface area (Å²) in [6, 6.07) is 8.29. The molecule has 0 aliphatic heterocycles. The minimum Gasteiger partial charge on any atom is -0.360 e. The molecule has 2 nitrogen and oxygen atoms in total. The Hall–Kier alpha value is -1.94. The molecule has 0 saturated carbocycles. The van der Waals surface area contributed by atoms with E-state index in [4.69, 9.17) is 0 Å². The maximum Gasteiger partial charge on any atom is 0.205 e. The molecule has 2 aromatic heterocycles. The predicted molar refractivity (Wildman–Crippen MR) is 66.0 cm³/mol. The van der Waals surface area contributed by atoms with Gasteiger partial charge in [-0.15, -0.1) is 11.3 Å². The highest BCUT2D eigenvalue weighted by Crippen LogP contribution is 2.25. The molecule has 0 bridgehead atoms. The summed E-state index contributed by atoms with van der Waals surface area (Å²) in [5, 5.41) is 2.20. The van der Waals surface area contributed by atoms with Crippen molar-refractivity contribution in [3.05, 3.63) is 58.2 Å². The van der Waals surface area contributed by atoms with Crippen molar-refractivity contribution in [2.75, 3.05) is 0 Å². The maximum absolute atomic E-state index is 13.7. The fourth-order valence-corrected chi connectivity index (χ4v) is 2.54. The van der Waals surface area contributed by atoms with Gasteiger partial charge < -0.3 is 4.98 Å². The summed E-state index contributed by atoms with van der Waals surface area (Å²) in [6.07, 6.45) is 1.57. The summed E-state index contributed by atoms with van der Waals surface area (Å²) in [4.78, 5) is 15.7. The molecular weight excluding hydrogens is 237 g/mol. The van der Waals surface area contributed by atoms with Crippen LogP contribution in [-0.4, -0.2) is 10.8 Å². The van der Waals surface area contributed by atoms with E-state index in [1.165, 1.54) is 17.4 Å². The molecule has 1 N–H and O–H groups in total. The second-order valence-corrected chi connectivity index (χ2v) is 4.62. The molecule has 0 amide bonds. The molecule has 0 aliphatic rings. The second kappa shape index (κ2) is 3.82. The third-order valence-corrected chi connectivity index (χ3v) is 3.51. The van der Waals surface area contributed by atoms with E-state index in [-0.39, 0.29) is 11.6 Å². The van der Waals surface area contributed by atoms with Gasteiger partial charge in [0.2, 0.25) is 5.78 Å². The van der Waals surface area contributed by atoms with Gasteiger partial charge in [0.15, 0.2) is 0 Å². The van der Waals surface area contributed by atoms with Crippen LogP contribution in [0.4, 0.5) is 4.39 Å². The van der Waals surface area contributed by atoms with Gasteiger partial charge in [0.1, 0.15) is 5.82 Å². The van der Waals surface area contributed by atoms with Crippen LogP contribution in [0.15, 0.2) is 41.9 Å². The SMILES string of the molecule is O=C(c1cccs1)c1c[nH]c2cccc(F)c12. The molecule has 3 aromatic rings. The summed E-state index contributed by atoms with van der Waals surface area (Å²) >= 11 is 1.36. The lowest BCUT2D eigenvalue weighted by Crippen LogP contribution is -1.97. The third kappa shape index (κ3) is 1.57. The Morgan fingerprint density at radius 1 is 1.24 bits per heavy atom. The molecular formula is C13H8FNOS. The lowest BCUT2D eigenvalue weighted by molar-refractivity contribution is 0.104. The van der Waals surface area contributed by atoms with Gasteiger partial charge in [-0.1, -0.05) is 12.1 Å². The van der Waals surface area contributed by atoms with Crippen LogP contribution in [0.5, 0.6) is 0 Å². The predicted octanol–water partition coefficient (Wildman–Crippen LogP) is 3.60. The number of benzene rings is 1. The number of hydrogen-bond acceptors (Lipinski definition) is 2. The van der Waals surface area contributed by atoms with Crippen molar-refractivity contribution >= 4 is 28.0 Å². The van der Waals surface area contributed by atoms with Crippen LogP contribution in [-0.2, 0) is 0 Å². The van der Waals surface area contributed by atoms with Gasteiger partial charge >= 0.3 is 0 Å². The number of halogens is 1. The molecule has 84 valence electrons. The van der Waals surface area contributed by atoms with Crippen LogP contribution >= 0.6 is 11.3 Å². The van der Waals surface area contributed by atoms with E-state index in [2.05, 4.69) is 4.98 Å². The highest BCUT2D eigenvalue weighted by Gasteiger charge is 2.17. The monoisotopic (exact) mass is 245 g/mol. The average Bonchev–Trinajstić information content (AvgIpc) is 2.98. The lowest BCUT2D eigenvalue weighted by Gasteiger charge is -1.97. The molecule has 0 atom stereocenters. The summed E-state index contributed by atoms with van der Waals surface area (Å²) < 4.78 is 13.7. The zero-order valence-corrected chi connectivity index (χ0v) is 9.55. The normalized spacial score (nSPS) is 10.9. The quantitative estimate of drug-likeness (QED) is 0.687. The molecule has 0 radical (unpaired) electrons. The molecule has 1 aromatic carbocycles. The zero-order valence-electron chi connectivity index (χ0n) is 8.74. The summed E-state index contributed by atoms with van der Waals surface area (Å²) in [7, 11) is 0. The first-order valence-corrected chi connectivity index (χ1v) is 5.99. The zero-order chi connectivity index (χ0) is 11.8. The largest absolute Gasteiger partial charge is 0.360 e. The van der Waals surface area contributed by atoms with Crippen LogP contribution < -0.4 is 0 Å². The first-order chi connectivity index (χ1) is 8.27. The summed E-state index contributed by atoms with van der Waals surface area (Å²) in [6.45, 7) is 0. The number of carbonyl (C=O) groups excluding carboxylic acids is 1. The van der Waals surface area contributed by atoms with E-state index in [0.29, 0.717) is 21.3 Å². The van der Waals surface area contributed by atoms with Crippen molar-refractivity contribution in [1.29, 1.82) is 0 Å². The molecule has 0 aliphatic carbocycles. The maximum atomic E-state index is 13.7. The Balaban J connectivity index is 2.22. The van der Waals surface area contributed by atoms with E-state index < -0.39 is 0 Å². The van der Waals surface area contributed by atoms with Gasteiger partial charge in [0, 0.05) is 17.1 Å². The third-order valence-electron chi connectivity index (χ3n) is 2.64. The van der Waals surface area contributed by atoms with Crippen molar-refractivity contribution in [1.82, 2.24) is 4.98 Å². The standard InChI is InChI=1S/C13H8FNOS/c14-9-3-1-4-10-12(9)8(7-15-10)13(16)11-5-2-6-17-11/h1-7,15H. The van der Waals surface area contributed by atoms with Gasteiger partial charge in [-0.3, -0.25) is 4.79 Å².